The second kappa shape index (κ2) is 5.61. The molecule has 0 amide bonds. The van der Waals surface area contributed by atoms with Crippen LogP contribution in [0.4, 0.5) is 0 Å². The average Bonchev–Trinajstić information content (AvgIpc) is 2.48. The molecule has 2 atom stereocenters. The molecule has 15 heavy (non-hydrogen) atoms. The van der Waals surface area contributed by atoms with Gasteiger partial charge >= 0.3 is 0 Å². The van der Waals surface area contributed by atoms with E-state index >= 15 is 0 Å². The van der Waals surface area contributed by atoms with Crippen LogP contribution in [0.3, 0.4) is 0 Å². The van der Waals surface area contributed by atoms with Crippen molar-refractivity contribution in [2.75, 3.05) is 6.54 Å². The average molecular weight is 226 g/mol. The molecule has 0 spiro atoms. The summed E-state index contributed by atoms with van der Waals surface area (Å²) in [7, 11) is 0. The highest BCUT2D eigenvalue weighted by Crippen LogP contribution is 2.29. The van der Waals surface area contributed by atoms with E-state index in [0.717, 1.165) is 13.0 Å². The summed E-state index contributed by atoms with van der Waals surface area (Å²) in [5.41, 5.74) is 1.19. The van der Waals surface area contributed by atoms with Crippen molar-refractivity contribution < 1.29 is 0 Å². The Morgan fingerprint density at radius 3 is 2.40 bits per heavy atom. The molecule has 2 unspecified atom stereocenters. The second-order valence-corrected chi connectivity index (χ2v) is 5.29. The van der Waals surface area contributed by atoms with Crippen LogP contribution < -0.4 is 5.32 Å². The molecule has 0 aliphatic rings. The lowest BCUT2D eigenvalue weighted by atomic mass is 9.99. The Kier molecular flexibility index (Phi) is 4.74. The lowest BCUT2D eigenvalue weighted by Gasteiger charge is -2.21. The summed E-state index contributed by atoms with van der Waals surface area (Å²) >= 11 is 1.85. The second-order valence-electron chi connectivity index (χ2n) is 4.05. The van der Waals surface area contributed by atoms with E-state index in [1.54, 1.807) is 0 Å². The van der Waals surface area contributed by atoms with E-state index in [-0.39, 0.29) is 0 Å². The van der Waals surface area contributed by atoms with Gasteiger partial charge in [0.15, 0.2) is 0 Å². The minimum atomic E-state index is 0.518. The molecule has 3 heteroatoms. The smallest absolute Gasteiger partial charge is 0.0977 e. The Hall–Kier alpha value is -0.410. The Balaban J connectivity index is 2.82. The number of aryl methyl sites for hydroxylation is 2. The van der Waals surface area contributed by atoms with Gasteiger partial charge in [-0.15, -0.1) is 11.3 Å². The number of rotatable bonds is 5. The van der Waals surface area contributed by atoms with Gasteiger partial charge < -0.3 is 5.32 Å². The highest BCUT2D eigenvalue weighted by Gasteiger charge is 2.20. The molecule has 1 rings (SSSR count). The molecule has 0 saturated carbocycles. The van der Waals surface area contributed by atoms with Gasteiger partial charge in [-0.3, -0.25) is 0 Å². The maximum absolute atomic E-state index is 4.66. The summed E-state index contributed by atoms with van der Waals surface area (Å²) in [4.78, 5) is 6.02. The van der Waals surface area contributed by atoms with Crippen LogP contribution >= 0.6 is 11.3 Å². The van der Waals surface area contributed by atoms with Crippen molar-refractivity contribution in [1.29, 1.82) is 0 Å². The number of aromatic nitrogens is 1. The van der Waals surface area contributed by atoms with Gasteiger partial charge in [-0.1, -0.05) is 13.8 Å². The summed E-state index contributed by atoms with van der Waals surface area (Å²) in [5.74, 6) is 0.558. The SMILES string of the molecule is CCNC(C)C(CC)c1nc(C)c(C)s1. The van der Waals surface area contributed by atoms with Crippen LogP contribution in [0.25, 0.3) is 0 Å². The number of thiazole rings is 1. The van der Waals surface area contributed by atoms with Crippen LogP contribution in [0.2, 0.25) is 0 Å². The van der Waals surface area contributed by atoms with E-state index in [1.807, 2.05) is 11.3 Å². The van der Waals surface area contributed by atoms with E-state index in [4.69, 9.17) is 0 Å². The highest BCUT2D eigenvalue weighted by molar-refractivity contribution is 7.11. The first-order valence-electron chi connectivity index (χ1n) is 5.77. The maximum Gasteiger partial charge on any atom is 0.0977 e. The number of hydrogen-bond acceptors (Lipinski definition) is 3. The molecule has 86 valence electrons. The van der Waals surface area contributed by atoms with E-state index in [0.29, 0.717) is 12.0 Å². The molecule has 1 N–H and O–H groups in total. The number of likely N-dealkylation sites (N-methyl/N-ethyl adjacent to an activating group) is 1. The van der Waals surface area contributed by atoms with Crippen LogP contribution in [0.1, 0.15) is 48.7 Å². The maximum atomic E-state index is 4.66. The van der Waals surface area contributed by atoms with Gasteiger partial charge in [-0.05, 0) is 33.7 Å². The van der Waals surface area contributed by atoms with Gasteiger partial charge in [-0.25, -0.2) is 4.98 Å². The van der Waals surface area contributed by atoms with E-state index in [1.165, 1.54) is 15.6 Å². The minimum absolute atomic E-state index is 0.518. The van der Waals surface area contributed by atoms with E-state index in [2.05, 4.69) is 44.9 Å². The van der Waals surface area contributed by atoms with Gasteiger partial charge in [0.05, 0.1) is 10.7 Å². The summed E-state index contributed by atoms with van der Waals surface area (Å²) in [6.07, 6.45) is 1.15. The standard InChI is InChI=1S/C12H22N2S/c1-6-11(9(4)13-7-2)12-14-8(3)10(5)15-12/h9,11,13H,6-7H2,1-5H3. The molecular weight excluding hydrogens is 204 g/mol. The molecule has 1 aromatic rings. The lowest BCUT2D eigenvalue weighted by molar-refractivity contribution is 0.458. The zero-order valence-electron chi connectivity index (χ0n) is 10.4. The lowest BCUT2D eigenvalue weighted by Crippen LogP contribution is -2.31. The molecule has 0 saturated heterocycles. The monoisotopic (exact) mass is 226 g/mol. The van der Waals surface area contributed by atoms with Gasteiger partial charge in [0.25, 0.3) is 0 Å². The van der Waals surface area contributed by atoms with Crippen molar-refractivity contribution >= 4 is 11.3 Å². The topological polar surface area (TPSA) is 24.9 Å². The van der Waals surface area contributed by atoms with Crippen molar-refractivity contribution in [1.82, 2.24) is 10.3 Å². The van der Waals surface area contributed by atoms with Crippen LogP contribution in [0.15, 0.2) is 0 Å². The van der Waals surface area contributed by atoms with Crippen molar-refractivity contribution in [3.8, 4) is 0 Å². The molecular formula is C12H22N2S. The molecule has 0 radical (unpaired) electrons. The number of nitrogens with zero attached hydrogens (tertiary/aromatic N) is 1. The first kappa shape index (κ1) is 12.7. The molecule has 0 aliphatic heterocycles. The third-order valence-electron chi connectivity index (χ3n) is 2.93. The summed E-state index contributed by atoms with van der Waals surface area (Å²) in [6.45, 7) is 11.9. The van der Waals surface area contributed by atoms with E-state index < -0.39 is 0 Å². The Labute approximate surface area is 97.1 Å². The minimum Gasteiger partial charge on any atom is -0.314 e. The Bertz CT molecular complexity index is 287. The van der Waals surface area contributed by atoms with Crippen LogP contribution in [0, 0.1) is 13.8 Å². The van der Waals surface area contributed by atoms with Crippen molar-refractivity contribution in [3.63, 3.8) is 0 Å². The quantitative estimate of drug-likeness (QED) is 0.833. The van der Waals surface area contributed by atoms with Crippen LogP contribution in [-0.4, -0.2) is 17.6 Å². The van der Waals surface area contributed by atoms with Crippen molar-refractivity contribution in [2.45, 2.75) is 53.0 Å². The fraction of sp³-hybridized carbons (Fsp3) is 0.750. The third-order valence-corrected chi connectivity index (χ3v) is 4.14. The zero-order chi connectivity index (χ0) is 11.4. The summed E-state index contributed by atoms with van der Waals surface area (Å²) in [5, 5.41) is 4.78. The molecule has 1 aromatic heterocycles. The van der Waals surface area contributed by atoms with Gasteiger partial charge in [0, 0.05) is 16.8 Å². The Morgan fingerprint density at radius 2 is 2.00 bits per heavy atom. The summed E-state index contributed by atoms with van der Waals surface area (Å²) in [6, 6.07) is 0.518. The predicted octanol–water partition coefficient (Wildman–Crippen LogP) is 3.25. The van der Waals surface area contributed by atoms with Crippen molar-refractivity contribution in [3.05, 3.63) is 15.6 Å². The van der Waals surface area contributed by atoms with Gasteiger partial charge in [0.2, 0.25) is 0 Å². The van der Waals surface area contributed by atoms with Gasteiger partial charge in [-0.2, -0.15) is 0 Å². The largest absolute Gasteiger partial charge is 0.314 e. The summed E-state index contributed by atoms with van der Waals surface area (Å²) < 4.78 is 0. The first-order valence-corrected chi connectivity index (χ1v) is 6.59. The highest BCUT2D eigenvalue weighted by atomic mass is 32.1. The first-order chi connectivity index (χ1) is 7.10. The normalized spacial score (nSPS) is 15.3. The zero-order valence-corrected chi connectivity index (χ0v) is 11.2. The third kappa shape index (κ3) is 3.02. The van der Waals surface area contributed by atoms with Crippen LogP contribution in [0.5, 0.6) is 0 Å². The molecule has 1 heterocycles. The molecule has 0 bridgehead atoms. The fourth-order valence-corrected chi connectivity index (χ4v) is 3.07. The van der Waals surface area contributed by atoms with E-state index in [9.17, 15) is 0 Å². The predicted molar refractivity (Wildman–Crippen MR) is 67.8 cm³/mol. The number of nitrogens with one attached hydrogen (secondary N) is 1. The molecule has 2 nitrogen and oxygen atoms in total. The Morgan fingerprint density at radius 1 is 1.33 bits per heavy atom. The van der Waals surface area contributed by atoms with Gasteiger partial charge in [0.1, 0.15) is 0 Å². The number of hydrogen-bond donors (Lipinski definition) is 1. The fourth-order valence-electron chi connectivity index (χ4n) is 1.86. The molecule has 0 fully saturated rings. The molecule has 0 aliphatic carbocycles. The molecule has 0 aromatic carbocycles. The van der Waals surface area contributed by atoms with Crippen molar-refractivity contribution in [2.24, 2.45) is 0 Å². The van der Waals surface area contributed by atoms with Crippen LogP contribution in [-0.2, 0) is 0 Å².